The Kier molecular flexibility index (Phi) is 3.87. The van der Waals surface area contributed by atoms with Gasteiger partial charge in [0.15, 0.2) is 0 Å². The summed E-state index contributed by atoms with van der Waals surface area (Å²) in [6.45, 7) is 0.514. The van der Waals surface area contributed by atoms with Gasteiger partial charge in [0.2, 0.25) is 5.91 Å². The Morgan fingerprint density at radius 2 is 2.11 bits per heavy atom. The SMILES string of the molecule is O=C(O)[C@@H]1CCCN1C(=O)Cc1ccccc1Cl. The summed E-state index contributed by atoms with van der Waals surface area (Å²) in [7, 11) is 0. The zero-order valence-corrected chi connectivity index (χ0v) is 10.6. The second kappa shape index (κ2) is 5.40. The maximum atomic E-state index is 12.1. The summed E-state index contributed by atoms with van der Waals surface area (Å²) < 4.78 is 0. The smallest absolute Gasteiger partial charge is 0.326 e. The van der Waals surface area contributed by atoms with Crippen molar-refractivity contribution in [3.63, 3.8) is 0 Å². The Morgan fingerprint density at radius 1 is 1.39 bits per heavy atom. The zero-order chi connectivity index (χ0) is 13.1. The molecule has 1 N–H and O–H groups in total. The number of carboxylic acids is 1. The van der Waals surface area contributed by atoms with E-state index in [0.29, 0.717) is 18.0 Å². The van der Waals surface area contributed by atoms with Crippen molar-refractivity contribution in [2.24, 2.45) is 0 Å². The lowest BCUT2D eigenvalue weighted by molar-refractivity contribution is -0.148. The molecule has 1 aromatic carbocycles. The largest absolute Gasteiger partial charge is 0.480 e. The molecule has 0 unspecified atom stereocenters. The molecule has 0 radical (unpaired) electrons. The molecule has 0 bridgehead atoms. The molecule has 5 heteroatoms. The Hall–Kier alpha value is -1.55. The molecule has 1 aliphatic heterocycles. The van der Waals surface area contributed by atoms with Crippen molar-refractivity contribution in [3.8, 4) is 0 Å². The second-order valence-electron chi connectivity index (χ2n) is 4.35. The molecule has 1 aromatic rings. The number of nitrogens with zero attached hydrogens (tertiary/aromatic N) is 1. The highest BCUT2D eigenvalue weighted by molar-refractivity contribution is 6.31. The first-order chi connectivity index (χ1) is 8.59. The van der Waals surface area contributed by atoms with Crippen molar-refractivity contribution < 1.29 is 14.7 Å². The Morgan fingerprint density at radius 3 is 2.78 bits per heavy atom. The van der Waals surface area contributed by atoms with Crippen LogP contribution in [0.3, 0.4) is 0 Å². The van der Waals surface area contributed by atoms with Crippen molar-refractivity contribution in [2.75, 3.05) is 6.54 Å². The first-order valence-corrected chi connectivity index (χ1v) is 6.23. The molecule has 1 fully saturated rings. The van der Waals surface area contributed by atoms with Crippen LogP contribution >= 0.6 is 11.6 Å². The molecule has 4 nitrogen and oxygen atoms in total. The van der Waals surface area contributed by atoms with Crippen molar-refractivity contribution in [3.05, 3.63) is 34.9 Å². The van der Waals surface area contributed by atoms with Crippen LogP contribution in [0.1, 0.15) is 18.4 Å². The standard InChI is InChI=1S/C13H14ClNO3/c14-10-5-2-1-4-9(10)8-12(16)15-7-3-6-11(15)13(17)18/h1-2,4-5,11H,3,6-8H2,(H,17,18)/t11-/m0/s1. The van der Waals surface area contributed by atoms with Crippen LogP contribution in [0.25, 0.3) is 0 Å². The average molecular weight is 268 g/mol. The van der Waals surface area contributed by atoms with Gasteiger partial charge in [0, 0.05) is 11.6 Å². The molecular formula is C13H14ClNO3. The number of carbonyl (C=O) groups excluding carboxylic acids is 1. The van der Waals surface area contributed by atoms with E-state index in [1.54, 1.807) is 18.2 Å². The van der Waals surface area contributed by atoms with Gasteiger partial charge in [-0.25, -0.2) is 4.79 Å². The monoisotopic (exact) mass is 267 g/mol. The Balaban J connectivity index is 2.08. The number of hydrogen-bond acceptors (Lipinski definition) is 2. The summed E-state index contributed by atoms with van der Waals surface area (Å²) in [5.74, 6) is -1.10. The topological polar surface area (TPSA) is 57.6 Å². The van der Waals surface area contributed by atoms with Crippen molar-refractivity contribution in [1.82, 2.24) is 4.90 Å². The van der Waals surface area contributed by atoms with E-state index in [9.17, 15) is 9.59 Å². The lowest BCUT2D eigenvalue weighted by atomic mass is 10.1. The highest BCUT2D eigenvalue weighted by Gasteiger charge is 2.33. The molecule has 0 aliphatic carbocycles. The van der Waals surface area contributed by atoms with Gasteiger partial charge in [0.05, 0.1) is 6.42 Å². The second-order valence-corrected chi connectivity index (χ2v) is 4.76. The van der Waals surface area contributed by atoms with E-state index >= 15 is 0 Å². The maximum Gasteiger partial charge on any atom is 0.326 e. The summed E-state index contributed by atoms with van der Waals surface area (Å²) in [4.78, 5) is 24.5. The van der Waals surface area contributed by atoms with Crippen LogP contribution in [0.2, 0.25) is 5.02 Å². The molecule has 18 heavy (non-hydrogen) atoms. The quantitative estimate of drug-likeness (QED) is 0.911. The number of carbonyl (C=O) groups is 2. The van der Waals surface area contributed by atoms with E-state index in [-0.39, 0.29) is 12.3 Å². The third-order valence-corrected chi connectivity index (χ3v) is 3.53. The van der Waals surface area contributed by atoms with Gasteiger partial charge in [0.1, 0.15) is 6.04 Å². The molecule has 0 aromatic heterocycles. The summed E-state index contributed by atoms with van der Waals surface area (Å²) in [5.41, 5.74) is 0.736. The number of hydrogen-bond donors (Lipinski definition) is 1. The van der Waals surface area contributed by atoms with E-state index in [0.717, 1.165) is 12.0 Å². The third-order valence-electron chi connectivity index (χ3n) is 3.16. The number of carboxylic acid groups (broad SMARTS) is 1. The third kappa shape index (κ3) is 2.64. The number of amides is 1. The summed E-state index contributed by atoms with van der Waals surface area (Å²) >= 11 is 5.99. The fourth-order valence-corrected chi connectivity index (χ4v) is 2.43. The van der Waals surface area contributed by atoms with Crippen LogP contribution in [-0.2, 0) is 16.0 Å². The van der Waals surface area contributed by atoms with Gasteiger partial charge < -0.3 is 10.0 Å². The molecule has 1 amide bonds. The molecule has 0 saturated carbocycles. The minimum absolute atomic E-state index is 0.156. The van der Waals surface area contributed by atoms with Gasteiger partial charge in [0.25, 0.3) is 0 Å². The summed E-state index contributed by atoms with van der Waals surface area (Å²) in [6, 6.07) is 6.44. The minimum atomic E-state index is -0.931. The molecule has 2 rings (SSSR count). The van der Waals surface area contributed by atoms with Gasteiger partial charge in [-0.1, -0.05) is 29.8 Å². The van der Waals surface area contributed by atoms with Crippen LogP contribution in [0.15, 0.2) is 24.3 Å². The van der Waals surface area contributed by atoms with Crippen molar-refractivity contribution in [1.29, 1.82) is 0 Å². The lowest BCUT2D eigenvalue weighted by Crippen LogP contribution is -2.41. The van der Waals surface area contributed by atoms with Crippen molar-refractivity contribution in [2.45, 2.75) is 25.3 Å². The van der Waals surface area contributed by atoms with Gasteiger partial charge in [-0.2, -0.15) is 0 Å². The predicted molar refractivity (Wildman–Crippen MR) is 67.5 cm³/mol. The van der Waals surface area contributed by atoms with E-state index in [1.807, 2.05) is 6.07 Å². The van der Waals surface area contributed by atoms with Crippen molar-refractivity contribution >= 4 is 23.5 Å². The fourth-order valence-electron chi connectivity index (χ4n) is 2.23. The molecule has 1 saturated heterocycles. The van der Waals surface area contributed by atoms with Crippen LogP contribution in [-0.4, -0.2) is 34.5 Å². The van der Waals surface area contributed by atoms with Crippen LogP contribution in [0.4, 0.5) is 0 Å². The van der Waals surface area contributed by atoms with Gasteiger partial charge in [-0.3, -0.25) is 4.79 Å². The number of benzene rings is 1. The molecule has 1 atom stereocenters. The van der Waals surface area contributed by atoms with Crippen LogP contribution in [0, 0.1) is 0 Å². The maximum absolute atomic E-state index is 12.1. The van der Waals surface area contributed by atoms with E-state index in [2.05, 4.69) is 0 Å². The van der Waals surface area contributed by atoms with E-state index < -0.39 is 12.0 Å². The normalized spacial score (nSPS) is 18.9. The molecular weight excluding hydrogens is 254 g/mol. The van der Waals surface area contributed by atoms with Gasteiger partial charge >= 0.3 is 5.97 Å². The first-order valence-electron chi connectivity index (χ1n) is 5.85. The van der Waals surface area contributed by atoms with Crippen LogP contribution in [0.5, 0.6) is 0 Å². The Labute approximate surface area is 110 Å². The number of aliphatic carboxylic acids is 1. The highest BCUT2D eigenvalue weighted by atomic mass is 35.5. The molecule has 96 valence electrons. The molecule has 1 heterocycles. The predicted octanol–water partition coefficient (Wildman–Crippen LogP) is 1.96. The molecule has 1 aliphatic rings. The number of rotatable bonds is 3. The highest BCUT2D eigenvalue weighted by Crippen LogP contribution is 2.21. The fraction of sp³-hybridized carbons (Fsp3) is 0.385. The zero-order valence-electron chi connectivity index (χ0n) is 9.80. The van der Waals surface area contributed by atoms with Gasteiger partial charge in [-0.15, -0.1) is 0 Å². The van der Waals surface area contributed by atoms with E-state index in [4.69, 9.17) is 16.7 Å². The number of halogens is 1. The summed E-state index contributed by atoms with van der Waals surface area (Å²) in [5, 5.41) is 9.57. The molecule has 0 spiro atoms. The lowest BCUT2D eigenvalue weighted by Gasteiger charge is -2.21. The Bertz CT molecular complexity index is 475. The average Bonchev–Trinajstić information content (AvgIpc) is 2.81. The number of likely N-dealkylation sites (tertiary alicyclic amines) is 1. The van der Waals surface area contributed by atoms with Crippen LogP contribution < -0.4 is 0 Å². The van der Waals surface area contributed by atoms with Gasteiger partial charge in [-0.05, 0) is 24.5 Å². The summed E-state index contributed by atoms with van der Waals surface area (Å²) in [6.07, 6.45) is 1.43. The minimum Gasteiger partial charge on any atom is -0.480 e. The van der Waals surface area contributed by atoms with E-state index in [1.165, 1.54) is 4.90 Å². The first kappa shape index (κ1) is 12.9.